The van der Waals surface area contributed by atoms with Crippen LogP contribution in [0.15, 0.2) is 36.4 Å². The van der Waals surface area contributed by atoms with Crippen molar-refractivity contribution in [3.63, 3.8) is 0 Å². The third-order valence-electron chi connectivity index (χ3n) is 2.63. The molecule has 0 saturated carbocycles. The zero-order valence-corrected chi connectivity index (χ0v) is 7.46. The van der Waals surface area contributed by atoms with Crippen LogP contribution in [0.1, 0.15) is 18.1 Å². The second kappa shape index (κ2) is 2.23. The number of rotatable bonds is 0. The van der Waals surface area contributed by atoms with E-state index >= 15 is 0 Å². The standard InChI is InChI=1S/C13H9/c1-9-8-11-6-2-4-10-5-3-7-12(9)13(10)11/h2-7H,1H3. The van der Waals surface area contributed by atoms with Gasteiger partial charge < -0.3 is 0 Å². The Morgan fingerprint density at radius 2 is 1.77 bits per heavy atom. The van der Waals surface area contributed by atoms with Crippen LogP contribution in [0.3, 0.4) is 0 Å². The molecule has 1 aliphatic rings. The molecular weight excluding hydrogens is 156 g/mol. The first kappa shape index (κ1) is 6.90. The molecule has 0 aromatic heterocycles. The van der Waals surface area contributed by atoms with Crippen LogP contribution in [0.5, 0.6) is 0 Å². The number of benzene rings is 2. The first-order chi connectivity index (χ1) is 6.36. The molecule has 0 atom stereocenters. The van der Waals surface area contributed by atoms with Crippen LogP contribution in [0, 0.1) is 6.08 Å². The average Bonchev–Trinajstić information content (AvgIpc) is 2.47. The van der Waals surface area contributed by atoms with Crippen molar-refractivity contribution < 1.29 is 0 Å². The lowest BCUT2D eigenvalue weighted by molar-refractivity contribution is 1.67. The Morgan fingerprint density at radius 3 is 2.62 bits per heavy atom. The fourth-order valence-corrected chi connectivity index (χ4v) is 2.03. The second-order valence-electron chi connectivity index (χ2n) is 3.46. The molecular formula is C13H9. The number of allylic oxidation sites excluding steroid dienone is 1. The SMILES string of the molecule is CC1=[C]c2cccc3cccc1c23. The summed E-state index contributed by atoms with van der Waals surface area (Å²) in [5.74, 6) is 0. The quantitative estimate of drug-likeness (QED) is 0.561. The monoisotopic (exact) mass is 165 g/mol. The lowest BCUT2D eigenvalue weighted by Crippen LogP contribution is -1.78. The lowest BCUT2D eigenvalue weighted by Gasteiger charge is -2.01. The minimum absolute atomic E-state index is 1.24. The van der Waals surface area contributed by atoms with Crippen molar-refractivity contribution in [3.8, 4) is 0 Å². The van der Waals surface area contributed by atoms with E-state index in [4.69, 9.17) is 0 Å². The molecule has 1 radical (unpaired) electrons. The molecule has 0 bridgehead atoms. The van der Waals surface area contributed by atoms with Crippen LogP contribution in [0.2, 0.25) is 0 Å². The summed E-state index contributed by atoms with van der Waals surface area (Å²) >= 11 is 0. The smallest absolute Gasteiger partial charge is 0.00296 e. The lowest BCUT2D eigenvalue weighted by atomic mass is 10.0. The third-order valence-corrected chi connectivity index (χ3v) is 2.63. The maximum atomic E-state index is 3.39. The maximum Gasteiger partial charge on any atom is -0.00296 e. The van der Waals surface area contributed by atoms with Crippen molar-refractivity contribution >= 4 is 16.3 Å². The fraction of sp³-hybridized carbons (Fsp3) is 0.0769. The number of hydrogen-bond donors (Lipinski definition) is 0. The van der Waals surface area contributed by atoms with Gasteiger partial charge in [0.2, 0.25) is 0 Å². The fourth-order valence-electron chi connectivity index (χ4n) is 2.03. The third kappa shape index (κ3) is 0.803. The highest BCUT2D eigenvalue weighted by Gasteiger charge is 2.12. The van der Waals surface area contributed by atoms with Crippen LogP contribution in [-0.4, -0.2) is 0 Å². The molecule has 3 rings (SSSR count). The van der Waals surface area contributed by atoms with Gasteiger partial charge in [-0.3, -0.25) is 0 Å². The first-order valence-electron chi connectivity index (χ1n) is 4.49. The molecule has 0 nitrogen and oxygen atoms in total. The molecule has 0 heterocycles. The van der Waals surface area contributed by atoms with Crippen molar-refractivity contribution in [2.24, 2.45) is 0 Å². The summed E-state index contributed by atoms with van der Waals surface area (Å²) in [5.41, 5.74) is 3.84. The summed E-state index contributed by atoms with van der Waals surface area (Å²) in [6, 6.07) is 12.8. The van der Waals surface area contributed by atoms with Gasteiger partial charge in [0, 0.05) is 0 Å². The predicted molar refractivity (Wildman–Crippen MR) is 55.4 cm³/mol. The van der Waals surface area contributed by atoms with E-state index in [-0.39, 0.29) is 0 Å². The summed E-state index contributed by atoms with van der Waals surface area (Å²) in [7, 11) is 0. The van der Waals surface area contributed by atoms with Crippen molar-refractivity contribution in [3.05, 3.63) is 53.6 Å². The van der Waals surface area contributed by atoms with Gasteiger partial charge in [-0.1, -0.05) is 36.4 Å². The Hall–Kier alpha value is -1.56. The molecule has 0 aliphatic heterocycles. The van der Waals surface area contributed by atoms with E-state index in [1.165, 1.54) is 27.5 Å². The molecule has 0 amide bonds. The van der Waals surface area contributed by atoms with Crippen molar-refractivity contribution in [1.29, 1.82) is 0 Å². The van der Waals surface area contributed by atoms with Gasteiger partial charge in [-0.25, -0.2) is 0 Å². The van der Waals surface area contributed by atoms with E-state index in [1.54, 1.807) is 0 Å². The summed E-state index contributed by atoms with van der Waals surface area (Å²) in [6.45, 7) is 2.12. The molecule has 2 aromatic rings. The van der Waals surface area contributed by atoms with Crippen molar-refractivity contribution in [2.45, 2.75) is 6.92 Å². The van der Waals surface area contributed by atoms with Gasteiger partial charge in [-0.15, -0.1) is 0 Å². The minimum atomic E-state index is 1.24. The van der Waals surface area contributed by atoms with E-state index in [0.29, 0.717) is 0 Å². The zero-order chi connectivity index (χ0) is 8.84. The predicted octanol–water partition coefficient (Wildman–Crippen LogP) is 3.41. The Morgan fingerprint density at radius 1 is 1.00 bits per heavy atom. The maximum absolute atomic E-state index is 3.39. The average molecular weight is 165 g/mol. The van der Waals surface area contributed by atoms with Gasteiger partial charge in [0.15, 0.2) is 0 Å². The van der Waals surface area contributed by atoms with E-state index in [9.17, 15) is 0 Å². The van der Waals surface area contributed by atoms with Crippen molar-refractivity contribution in [1.82, 2.24) is 0 Å². The highest BCUT2D eigenvalue weighted by molar-refractivity contribution is 6.00. The molecule has 0 heteroatoms. The Labute approximate surface area is 77.5 Å². The zero-order valence-electron chi connectivity index (χ0n) is 7.46. The molecule has 0 spiro atoms. The van der Waals surface area contributed by atoms with Gasteiger partial charge in [-0.05, 0) is 40.5 Å². The molecule has 0 N–H and O–H groups in total. The van der Waals surface area contributed by atoms with E-state index in [0.717, 1.165) is 0 Å². The molecule has 1 aliphatic carbocycles. The molecule has 0 unspecified atom stereocenters. The van der Waals surface area contributed by atoms with Gasteiger partial charge in [0.1, 0.15) is 0 Å². The highest BCUT2D eigenvalue weighted by atomic mass is 14.2. The molecule has 13 heavy (non-hydrogen) atoms. The Balaban J connectivity index is 2.59. The summed E-state index contributed by atoms with van der Waals surface area (Å²) in [5, 5.41) is 2.68. The summed E-state index contributed by atoms with van der Waals surface area (Å²) in [6.07, 6.45) is 3.39. The van der Waals surface area contributed by atoms with Gasteiger partial charge in [-0.2, -0.15) is 0 Å². The van der Waals surface area contributed by atoms with E-state index in [1.807, 2.05) is 0 Å². The van der Waals surface area contributed by atoms with Crippen LogP contribution < -0.4 is 0 Å². The van der Waals surface area contributed by atoms with Gasteiger partial charge in [0.05, 0.1) is 0 Å². The van der Waals surface area contributed by atoms with Crippen LogP contribution in [0.25, 0.3) is 16.3 Å². The Kier molecular flexibility index (Phi) is 1.18. The summed E-state index contributed by atoms with van der Waals surface area (Å²) < 4.78 is 0. The Bertz CT molecular complexity index is 513. The first-order valence-corrected chi connectivity index (χ1v) is 4.49. The van der Waals surface area contributed by atoms with Crippen LogP contribution in [0.4, 0.5) is 0 Å². The van der Waals surface area contributed by atoms with E-state index in [2.05, 4.69) is 49.4 Å². The van der Waals surface area contributed by atoms with Gasteiger partial charge >= 0.3 is 0 Å². The second-order valence-corrected chi connectivity index (χ2v) is 3.46. The normalized spacial score (nSPS) is 13.5. The van der Waals surface area contributed by atoms with Crippen LogP contribution >= 0.6 is 0 Å². The molecule has 2 aromatic carbocycles. The molecule has 0 saturated heterocycles. The highest BCUT2D eigenvalue weighted by Crippen LogP contribution is 2.34. The van der Waals surface area contributed by atoms with Gasteiger partial charge in [0.25, 0.3) is 0 Å². The topological polar surface area (TPSA) is 0 Å². The van der Waals surface area contributed by atoms with Crippen LogP contribution in [-0.2, 0) is 0 Å². The largest absolute Gasteiger partial charge is 0.0610 e. The van der Waals surface area contributed by atoms with Crippen molar-refractivity contribution in [2.75, 3.05) is 0 Å². The minimum Gasteiger partial charge on any atom is -0.0610 e. The number of hydrogen-bond acceptors (Lipinski definition) is 0. The molecule has 61 valence electrons. The molecule has 0 fully saturated rings. The summed E-state index contributed by atoms with van der Waals surface area (Å²) in [4.78, 5) is 0. The van der Waals surface area contributed by atoms with E-state index < -0.39 is 0 Å².